The van der Waals surface area contributed by atoms with E-state index >= 15 is 0 Å². The molecule has 0 unspecified atom stereocenters. The van der Waals surface area contributed by atoms with Crippen molar-refractivity contribution < 1.29 is 4.74 Å². The monoisotopic (exact) mass is 226 g/mol. The van der Waals surface area contributed by atoms with E-state index in [4.69, 9.17) is 16.3 Å². The van der Waals surface area contributed by atoms with Gasteiger partial charge in [-0.05, 0) is 24.8 Å². The Labute approximate surface area is 97.4 Å². The molecule has 15 heavy (non-hydrogen) atoms. The van der Waals surface area contributed by atoms with Crippen molar-refractivity contribution in [2.24, 2.45) is 5.92 Å². The second kappa shape index (κ2) is 6.02. The number of ether oxygens (including phenoxy) is 1. The van der Waals surface area contributed by atoms with Crippen molar-refractivity contribution in [3.05, 3.63) is 29.3 Å². The van der Waals surface area contributed by atoms with Crippen LogP contribution in [0.4, 0.5) is 0 Å². The largest absolute Gasteiger partial charge is 0.493 e. The Morgan fingerprint density at radius 3 is 2.67 bits per heavy atom. The second-order valence-corrected chi connectivity index (χ2v) is 4.50. The lowest BCUT2D eigenvalue weighted by Gasteiger charge is -2.13. The van der Waals surface area contributed by atoms with Gasteiger partial charge in [0.2, 0.25) is 0 Å². The third-order valence-corrected chi connectivity index (χ3v) is 2.67. The molecule has 0 N–H and O–H groups in total. The quantitative estimate of drug-likeness (QED) is 0.686. The van der Waals surface area contributed by atoms with Crippen LogP contribution in [-0.4, -0.2) is 6.61 Å². The number of halogens is 1. The normalized spacial score (nSPS) is 10.7. The first-order valence-electron chi connectivity index (χ1n) is 5.42. The smallest absolute Gasteiger partial charge is 0.126 e. The molecule has 0 aliphatic rings. The van der Waals surface area contributed by atoms with Gasteiger partial charge in [0.05, 0.1) is 12.5 Å². The number of alkyl halides is 1. The molecule has 0 aliphatic carbocycles. The van der Waals surface area contributed by atoms with Gasteiger partial charge in [-0.3, -0.25) is 0 Å². The SMILES string of the molecule is Cc1cccc(CCl)c1OCCC(C)C. The van der Waals surface area contributed by atoms with Gasteiger partial charge in [0, 0.05) is 5.56 Å². The van der Waals surface area contributed by atoms with Gasteiger partial charge in [0.15, 0.2) is 0 Å². The van der Waals surface area contributed by atoms with Gasteiger partial charge in [0.1, 0.15) is 5.75 Å². The fourth-order valence-electron chi connectivity index (χ4n) is 1.42. The highest BCUT2D eigenvalue weighted by molar-refractivity contribution is 6.17. The molecule has 0 fully saturated rings. The lowest BCUT2D eigenvalue weighted by molar-refractivity contribution is 0.286. The Kier molecular flexibility index (Phi) is 4.97. The number of benzene rings is 1. The van der Waals surface area contributed by atoms with Crippen molar-refractivity contribution in [1.29, 1.82) is 0 Å². The van der Waals surface area contributed by atoms with E-state index in [0.29, 0.717) is 11.8 Å². The molecule has 2 heteroatoms. The Bertz CT molecular complexity index is 307. The van der Waals surface area contributed by atoms with Crippen LogP contribution in [-0.2, 0) is 5.88 Å². The number of rotatable bonds is 5. The second-order valence-electron chi connectivity index (χ2n) is 4.23. The van der Waals surface area contributed by atoms with E-state index in [1.54, 1.807) is 0 Å². The lowest BCUT2D eigenvalue weighted by atomic mass is 10.1. The van der Waals surface area contributed by atoms with Crippen molar-refractivity contribution in [3.8, 4) is 5.75 Å². The third-order valence-electron chi connectivity index (χ3n) is 2.38. The molecule has 1 rings (SSSR count). The van der Waals surface area contributed by atoms with Crippen LogP contribution in [0.1, 0.15) is 31.4 Å². The molecule has 0 atom stereocenters. The summed E-state index contributed by atoms with van der Waals surface area (Å²) in [4.78, 5) is 0. The molecular weight excluding hydrogens is 208 g/mol. The molecule has 1 aromatic carbocycles. The average Bonchev–Trinajstić information content (AvgIpc) is 2.20. The van der Waals surface area contributed by atoms with Crippen LogP contribution in [0, 0.1) is 12.8 Å². The molecule has 84 valence electrons. The summed E-state index contributed by atoms with van der Waals surface area (Å²) in [6.45, 7) is 7.22. The molecular formula is C13H19ClO. The standard InChI is InChI=1S/C13H19ClO/c1-10(2)7-8-15-13-11(3)5-4-6-12(13)9-14/h4-6,10H,7-9H2,1-3H3. The van der Waals surface area contributed by atoms with Crippen LogP contribution in [0.3, 0.4) is 0 Å². The number of aryl methyl sites for hydroxylation is 1. The van der Waals surface area contributed by atoms with E-state index in [-0.39, 0.29) is 0 Å². The summed E-state index contributed by atoms with van der Waals surface area (Å²) in [5.41, 5.74) is 2.25. The summed E-state index contributed by atoms with van der Waals surface area (Å²) in [5.74, 6) is 2.15. The maximum atomic E-state index is 5.87. The molecule has 0 spiro atoms. The summed E-state index contributed by atoms with van der Waals surface area (Å²) in [5, 5.41) is 0. The molecule has 0 radical (unpaired) electrons. The first-order valence-corrected chi connectivity index (χ1v) is 5.96. The van der Waals surface area contributed by atoms with Crippen LogP contribution in [0.5, 0.6) is 5.75 Å². The summed E-state index contributed by atoms with van der Waals surface area (Å²) in [7, 11) is 0. The van der Waals surface area contributed by atoms with Gasteiger partial charge in [-0.1, -0.05) is 32.0 Å². The Hall–Kier alpha value is -0.690. The van der Waals surface area contributed by atoms with Gasteiger partial charge >= 0.3 is 0 Å². The summed E-state index contributed by atoms with van der Waals surface area (Å²) < 4.78 is 5.79. The van der Waals surface area contributed by atoms with Crippen molar-refractivity contribution in [1.82, 2.24) is 0 Å². The molecule has 0 amide bonds. The minimum Gasteiger partial charge on any atom is -0.493 e. The van der Waals surface area contributed by atoms with E-state index in [9.17, 15) is 0 Å². The summed E-state index contributed by atoms with van der Waals surface area (Å²) in [6.07, 6.45) is 1.08. The van der Waals surface area contributed by atoms with Crippen LogP contribution in [0.15, 0.2) is 18.2 Å². The number of para-hydroxylation sites is 1. The summed E-state index contributed by atoms with van der Waals surface area (Å²) >= 11 is 5.87. The predicted molar refractivity (Wildman–Crippen MR) is 65.7 cm³/mol. The van der Waals surface area contributed by atoms with E-state index < -0.39 is 0 Å². The molecule has 0 saturated carbocycles. The zero-order valence-electron chi connectivity index (χ0n) is 9.72. The van der Waals surface area contributed by atoms with Crippen LogP contribution in [0.2, 0.25) is 0 Å². The fraction of sp³-hybridized carbons (Fsp3) is 0.538. The topological polar surface area (TPSA) is 9.23 Å². The van der Waals surface area contributed by atoms with Crippen molar-refractivity contribution in [2.75, 3.05) is 6.61 Å². The van der Waals surface area contributed by atoms with Crippen molar-refractivity contribution in [3.63, 3.8) is 0 Å². The number of hydrogen-bond donors (Lipinski definition) is 0. The van der Waals surface area contributed by atoms with E-state index in [1.165, 1.54) is 0 Å². The highest BCUT2D eigenvalue weighted by Gasteiger charge is 2.06. The molecule has 0 aliphatic heterocycles. The van der Waals surface area contributed by atoms with E-state index in [1.807, 2.05) is 12.1 Å². The van der Waals surface area contributed by atoms with Gasteiger partial charge in [0.25, 0.3) is 0 Å². The minimum absolute atomic E-state index is 0.513. The molecule has 0 aromatic heterocycles. The third kappa shape index (κ3) is 3.75. The van der Waals surface area contributed by atoms with Gasteiger partial charge < -0.3 is 4.74 Å². The first kappa shape index (κ1) is 12.4. The highest BCUT2D eigenvalue weighted by Crippen LogP contribution is 2.25. The lowest BCUT2D eigenvalue weighted by Crippen LogP contribution is -2.04. The summed E-state index contributed by atoms with van der Waals surface area (Å²) in [6, 6.07) is 6.09. The zero-order chi connectivity index (χ0) is 11.3. The molecule has 0 bridgehead atoms. The molecule has 0 saturated heterocycles. The fourth-order valence-corrected chi connectivity index (χ4v) is 1.63. The Balaban J connectivity index is 2.66. The maximum Gasteiger partial charge on any atom is 0.126 e. The van der Waals surface area contributed by atoms with Gasteiger partial charge in [-0.15, -0.1) is 11.6 Å². The Morgan fingerprint density at radius 2 is 2.07 bits per heavy atom. The molecule has 1 aromatic rings. The maximum absolute atomic E-state index is 5.87. The van der Waals surface area contributed by atoms with Crippen LogP contribution < -0.4 is 4.74 Å². The first-order chi connectivity index (χ1) is 7.15. The van der Waals surface area contributed by atoms with Gasteiger partial charge in [-0.2, -0.15) is 0 Å². The van der Waals surface area contributed by atoms with Crippen LogP contribution >= 0.6 is 11.6 Å². The minimum atomic E-state index is 0.513. The van der Waals surface area contributed by atoms with Crippen molar-refractivity contribution in [2.45, 2.75) is 33.1 Å². The zero-order valence-corrected chi connectivity index (χ0v) is 10.5. The Morgan fingerprint density at radius 1 is 1.33 bits per heavy atom. The molecule has 1 nitrogen and oxygen atoms in total. The predicted octanol–water partition coefficient (Wildman–Crippen LogP) is 4.16. The van der Waals surface area contributed by atoms with Crippen LogP contribution in [0.25, 0.3) is 0 Å². The highest BCUT2D eigenvalue weighted by atomic mass is 35.5. The molecule has 0 heterocycles. The van der Waals surface area contributed by atoms with Gasteiger partial charge in [-0.25, -0.2) is 0 Å². The number of hydrogen-bond acceptors (Lipinski definition) is 1. The van der Waals surface area contributed by atoms with E-state index in [0.717, 1.165) is 29.9 Å². The van der Waals surface area contributed by atoms with E-state index in [2.05, 4.69) is 26.8 Å². The average molecular weight is 227 g/mol. The van der Waals surface area contributed by atoms with Crippen molar-refractivity contribution >= 4 is 11.6 Å².